The molecule has 0 aliphatic rings. The molecule has 0 bridgehead atoms. The highest BCUT2D eigenvalue weighted by Crippen LogP contribution is 2.25. The van der Waals surface area contributed by atoms with E-state index in [0.29, 0.717) is 16.4 Å². The lowest BCUT2D eigenvalue weighted by molar-refractivity contribution is -0.115. The molecule has 18 heavy (non-hydrogen) atoms. The molecule has 0 aliphatic heterocycles. The Balaban J connectivity index is 2.66. The van der Waals surface area contributed by atoms with E-state index in [1.54, 1.807) is 18.2 Å². The zero-order chi connectivity index (χ0) is 13.5. The van der Waals surface area contributed by atoms with Crippen molar-refractivity contribution in [3.05, 3.63) is 23.2 Å². The molecular formula is C12H16ClN3O2. The van der Waals surface area contributed by atoms with Gasteiger partial charge >= 0.3 is 0 Å². The smallest absolute Gasteiger partial charge is 0.238 e. The summed E-state index contributed by atoms with van der Waals surface area (Å²) in [4.78, 5) is 22.4. The van der Waals surface area contributed by atoms with Gasteiger partial charge in [0.25, 0.3) is 0 Å². The van der Waals surface area contributed by atoms with Crippen molar-refractivity contribution in [3.8, 4) is 0 Å². The van der Waals surface area contributed by atoms with E-state index in [4.69, 9.17) is 11.6 Å². The first-order valence-corrected chi connectivity index (χ1v) is 5.98. The summed E-state index contributed by atoms with van der Waals surface area (Å²) in [5, 5.41) is 8.59. The van der Waals surface area contributed by atoms with Crippen LogP contribution >= 0.6 is 11.6 Å². The van der Waals surface area contributed by atoms with Crippen molar-refractivity contribution < 1.29 is 9.59 Å². The number of carbonyl (C=O) groups is 2. The Morgan fingerprint density at radius 3 is 2.56 bits per heavy atom. The second-order valence-electron chi connectivity index (χ2n) is 3.70. The zero-order valence-electron chi connectivity index (χ0n) is 10.3. The number of likely N-dealkylation sites (N-methyl/N-ethyl adjacent to an activating group) is 1. The van der Waals surface area contributed by atoms with Crippen molar-refractivity contribution in [1.82, 2.24) is 5.32 Å². The molecule has 0 saturated heterocycles. The number of hydrogen-bond donors (Lipinski definition) is 3. The van der Waals surface area contributed by atoms with E-state index in [0.717, 1.165) is 6.54 Å². The predicted molar refractivity (Wildman–Crippen MR) is 72.9 cm³/mol. The Hall–Kier alpha value is -1.59. The summed E-state index contributed by atoms with van der Waals surface area (Å²) in [6.45, 7) is 4.31. The summed E-state index contributed by atoms with van der Waals surface area (Å²) in [5.74, 6) is -0.332. The highest BCUT2D eigenvalue weighted by atomic mass is 35.5. The molecule has 0 atom stereocenters. The molecule has 0 heterocycles. The van der Waals surface area contributed by atoms with E-state index >= 15 is 0 Å². The largest absolute Gasteiger partial charge is 0.325 e. The lowest BCUT2D eigenvalue weighted by atomic mass is 10.2. The Morgan fingerprint density at radius 1 is 1.28 bits per heavy atom. The van der Waals surface area contributed by atoms with Gasteiger partial charge in [-0.2, -0.15) is 0 Å². The topological polar surface area (TPSA) is 70.2 Å². The van der Waals surface area contributed by atoms with Gasteiger partial charge in [0.15, 0.2) is 0 Å². The van der Waals surface area contributed by atoms with Gasteiger partial charge in [0.05, 0.1) is 17.3 Å². The average molecular weight is 270 g/mol. The highest BCUT2D eigenvalue weighted by molar-refractivity contribution is 6.34. The van der Waals surface area contributed by atoms with Crippen LogP contribution in [0.15, 0.2) is 18.2 Å². The fourth-order valence-electron chi connectivity index (χ4n) is 1.33. The van der Waals surface area contributed by atoms with Gasteiger partial charge in [-0.15, -0.1) is 0 Å². The van der Waals surface area contributed by atoms with Gasteiger partial charge in [0.1, 0.15) is 0 Å². The molecule has 3 N–H and O–H groups in total. The van der Waals surface area contributed by atoms with Crippen LogP contribution in [0.5, 0.6) is 0 Å². The van der Waals surface area contributed by atoms with E-state index in [9.17, 15) is 9.59 Å². The van der Waals surface area contributed by atoms with Gasteiger partial charge in [-0.1, -0.05) is 18.5 Å². The Labute approximate surface area is 111 Å². The summed E-state index contributed by atoms with van der Waals surface area (Å²) in [6, 6.07) is 4.92. The number of nitrogens with one attached hydrogen (secondary N) is 3. The molecule has 2 amide bonds. The van der Waals surface area contributed by atoms with Crippen LogP contribution in [0, 0.1) is 0 Å². The monoisotopic (exact) mass is 269 g/mol. The molecular weight excluding hydrogens is 254 g/mol. The lowest BCUT2D eigenvalue weighted by Crippen LogP contribution is -2.27. The first-order valence-electron chi connectivity index (χ1n) is 5.60. The third kappa shape index (κ3) is 4.73. The van der Waals surface area contributed by atoms with Crippen LogP contribution < -0.4 is 16.0 Å². The number of hydrogen-bond acceptors (Lipinski definition) is 3. The van der Waals surface area contributed by atoms with Crippen LogP contribution in [0.4, 0.5) is 11.4 Å². The van der Waals surface area contributed by atoms with Crippen LogP contribution in [0.3, 0.4) is 0 Å². The van der Waals surface area contributed by atoms with Crippen molar-refractivity contribution in [2.45, 2.75) is 13.8 Å². The fourth-order valence-corrected chi connectivity index (χ4v) is 1.56. The van der Waals surface area contributed by atoms with E-state index in [2.05, 4.69) is 16.0 Å². The van der Waals surface area contributed by atoms with Crippen molar-refractivity contribution >= 4 is 34.8 Å². The van der Waals surface area contributed by atoms with Crippen LogP contribution in [0.2, 0.25) is 5.02 Å². The third-order valence-corrected chi connectivity index (χ3v) is 2.41. The van der Waals surface area contributed by atoms with Crippen molar-refractivity contribution in [1.29, 1.82) is 0 Å². The van der Waals surface area contributed by atoms with Crippen molar-refractivity contribution in [2.24, 2.45) is 0 Å². The first-order chi connectivity index (χ1) is 8.52. The third-order valence-electron chi connectivity index (χ3n) is 2.10. The number of carbonyl (C=O) groups excluding carboxylic acids is 2. The van der Waals surface area contributed by atoms with Crippen LogP contribution in [-0.2, 0) is 9.59 Å². The second-order valence-corrected chi connectivity index (χ2v) is 4.11. The van der Waals surface area contributed by atoms with Gasteiger partial charge in [-0.05, 0) is 24.7 Å². The number of anilines is 2. The maximum atomic E-state index is 11.5. The zero-order valence-corrected chi connectivity index (χ0v) is 11.1. The molecule has 0 fully saturated rings. The Morgan fingerprint density at radius 2 is 2.00 bits per heavy atom. The number of amides is 2. The number of rotatable bonds is 5. The van der Waals surface area contributed by atoms with Gasteiger partial charge in [-0.25, -0.2) is 0 Å². The van der Waals surface area contributed by atoms with E-state index in [1.807, 2.05) is 6.92 Å². The van der Waals surface area contributed by atoms with E-state index < -0.39 is 0 Å². The molecule has 98 valence electrons. The van der Waals surface area contributed by atoms with Crippen LogP contribution in [0.1, 0.15) is 13.8 Å². The van der Waals surface area contributed by atoms with Crippen LogP contribution in [-0.4, -0.2) is 24.9 Å². The summed E-state index contributed by atoms with van der Waals surface area (Å²) in [7, 11) is 0. The second kappa shape index (κ2) is 6.98. The van der Waals surface area contributed by atoms with Gasteiger partial charge in [0, 0.05) is 12.6 Å². The number of benzene rings is 1. The SMILES string of the molecule is CCNCC(=O)Nc1ccc(NC(C)=O)c(Cl)c1. The molecule has 5 nitrogen and oxygen atoms in total. The van der Waals surface area contributed by atoms with Gasteiger partial charge < -0.3 is 16.0 Å². The molecule has 0 saturated carbocycles. The maximum absolute atomic E-state index is 11.5. The molecule has 0 unspecified atom stereocenters. The minimum absolute atomic E-state index is 0.139. The number of halogens is 1. The molecule has 6 heteroatoms. The first kappa shape index (κ1) is 14.5. The molecule has 1 aromatic carbocycles. The molecule has 0 spiro atoms. The Kier molecular flexibility index (Phi) is 5.61. The van der Waals surface area contributed by atoms with E-state index in [-0.39, 0.29) is 18.4 Å². The summed E-state index contributed by atoms with van der Waals surface area (Å²) in [6.07, 6.45) is 0. The summed E-state index contributed by atoms with van der Waals surface area (Å²) >= 11 is 5.98. The molecule has 0 aromatic heterocycles. The van der Waals surface area contributed by atoms with Crippen molar-refractivity contribution in [3.63, 3.8) is 0 Å². The minimum atomic E-state index is -0.194. The standard InChI is InChI=1S/C12H16ClN3O2/c1-3-14-7-12(18)16-9-4-5-11(10(13)6-9)15-8(2)17/h4-6,14H,3,7H2,1-2H3,(H,15,17)(H,16,18). The highest BCUT2D eigenvalue weighted by Gasteiger charge is 2.05. The average Bonchev–Trinajstić information content (AvgIpc) is 2.29. The lowest BCUT2D eigenvalue weighted by Gasteiger charge is -2.09. The van der Waals surface area contributed by atoms with Gasteiger partial charge in [-0.3, -0.25) is 9.59 Å². The van der Waals surface area contributed by atoms with Crippen molar-refractivity contribution in [2.75, 3.05) is 23.7 Å². The van der Waals surface area contributed by atoms with Gasteiger partial charge in [0.2, 0.25) is 11.8 Å². The molecule has 1 rings (SSSR count). The molecule has 0 radical (unpaired) electrons. The predicted octanol–water partition coefficient (Wildman–Crippen LogP) is 1.85. The quantitative estimate of drug-likeness (QED) is 0.764. The van der Waals surface area contributed by atoms with Crippen LogP contribution in [0.25, 0.3) is 0 Å². The molecule has 1 aromatic rings. The fraction of sp³-hybridized carbons (Fsp3) is 0.333. The summed E-state index contributed by atoms with van der Waals surface area (Å²) < 4.78 is 0. The maximum Gasteiger partial charge on any atom is 0.238 e. The molecule has 0 aliphatic carbocycles. The van der Waals surface area contributed by atoms with E-state index in [1.165, 1.54) is 6.92 Å². The minimum Gasteiger partial charge on any atom is -0.325 e. The Bertz CT molecular complexity index is 449. The summed E-state index contributed by atoms with van der Waals surface area (Å²) in [5.41, 5.74) is 1.12. The normalized spacial score (nSPS) is 9.94.